The Bertz CT molecular complexity index is 2080. The van der Waals surface area contributed by atoms with Crippen LogP contribution in [0.25, 0.3) is 0 Å². The maximum absolute atomic E-state index is 17.1. The molecule has 13 heteroatoms. The molecule has 0 aliphatic heterocycles. The molecule has 0 heterocycles. The van der Waals surface area contributed by atoms with Crippen molar-refractivity contribution < 1.29 is 52.5 Å². The largest absolute Gasteiger partial charge is 0.450 e. The lowest BCUT2D eigenvalue weighted by atomic mass is 9.44. The molecule has 8 aliphatic rings. The Kier molecular flexibility index (Phi) is 11.4. The number of esters is 1. The zero-order chi connectivity index (χ0) is 45.1. The highest BCUT2D eigenvalue weighted by Gasteiger charge is 2.78. The van der Waals surface area contributed by atoms with Gasteiger partial charge >= 0.3 is 5.97 Å². The molecule has 2 N–H and O–H groups in total. The SMILES string of the molecule is CCCC(=O)O[C@]1(C(=O)CCl)[C@@H](C)C[C@H]2[C@@H]3CCC4=CC(=O)C=C[C@]4(C)[C@@]3(F)C(=O)C[C@@]21C.C[C@H]1C[C@H]2[C@@H]3CCC4=CC(=O)C=C[C@]4(C)[C@@]3(F)[C@@H](O)C[C@]2(C)[C@@]1(O)C(=O)CCl. The number of hydrogen-bond donors (Lipinski definition) is 2. The van der Waals surface area contributed by atoms with E-state index in [-0.39, 0.29) is 60.3 Å². The number of ketones is 5. The van der Waals surface area contributed by atoms with Crippen molar-refractivity contribution in [3.05, 3.63) is 47.6 Å². The number of halogens is 4. The Morgan fingerprint density at radius 3 is 1.89 bits per heavy atom. The minimum atomic E-state index is -2.19. The van der Waals surface area contributed by atoms with Crippen molar-refractivity contribution in [2.75, 3.05) is 11.8 Å². The molecule has 8 aliphatic carbocycles. The molecule has 6 saturated carbocycles. The van der Waals surface area contributed by atoms with E-state index in [1.165, 1.54) is 24.3 Å². The topological polar surface area (TPSA) is 152 Å². The average molecular weight is 890 g/mol. The summed E-state index contributed by atoms with van der Waals surface area (Å²) in [7, 11) is 0. The number of alkyl halides is 4. The lowest BCUT2D eigenvalue weighted by Crippen LogP contribution is -2.69. The van der Waals surface area contributed by atoms with E-state index in [0.29, 0.717) is 50.5 Å². The highest BCUT2D eigenvalue weighted by molar-refractivity contribution is 6.29. The fraction of sp³-hybridized carbons (Fsp3) is 0.708. The molecule has 0 bridgehead atoms. The first-order chi connectivity index (χ1) is 28.4. The van der Waals surface area contributed by atoms with Crippen LogP contribution in [0.15, 0.2) is 47.6 Å². The Morgan fingerprint density at radius 1 is 0.787 bits per heavy atom. The van der Waals surface area contributed by atoms with Gasteiger partial charge in [0.2, 0.25) is 0 Å². The number of carbonyl (C=O) groups excluding carboxylic acids is 6. The predicted molar refractivity (Wildman–Crippen MR) is 225 cm³/mol. The summed E-state index contributed by atoms with van der Waals surface area (Å²) in [5, 5.41) is 22.6. The van der Waals surface area contributed by atoms with Gasteiger partial charge in [0.1, 0.15) is 5.60 Å². The van der Waals surface area contributed by atoms with Gasteiger partial charge in [-0.3, -0.25) is 28.8 Å². The standard InChI is InChI=1S/C26H32ClFO5.C22H28ClFO4/c1-5-6-22(32)33-26(21(31)14-27)15(2)11-19-18-8-7-16-12-17(29)9-10-23(16,3)25(18,28)20(30)13-24(19,26)4;1-12-8-16-15-5-4-13-9-14(25)6-7-19(13,2)21(15,24)17(26)10-20(16,3)22(12,28)18(27)11-23/h9-10,12,15,18-19H,5-8,11,13-14H2,1-4H3;6-7,9,12,15-17,26,28H,4-5,8,10-11H2,1-3H3/t15-,18-,19-,23-,24-,25-,26-;12-,15-,16-,17-,19-,20-,21-,22-/m00/s1. The first kappa shape index (κ1) is 46.1. The van der Waals surface area contributed by atoms with Crippen molar-refractivity contribution in [2.45, 2.75) is 141 Å². The quantitative estimate of drug-likeness (QED) is 0.192. The van der Waals surface area contributed by atoms with E-state index in [2.05, 4.69) is 0 Å². The van der Waals surface area contributed by atoms with Gasteiger partial charge in [0.05, 0.1) is 17.9 Å². The molecule has 9 nitrogen and oxygen atoms in total. The Morgan fingerprint density at radius 2 is 1.31 bits per heavy atom. The van der Waals surface area contributed by atoms with Crippen LogP contribution >= 0.6 is 23.2 Å². The van der Waals surface area contributed by atoms with Gasteiger partial charge in [-0.2, -0.15) is 0 Å². The number of aliphatic hydroxyl groups excluding tert-OH is 1. The van der Waals surface area contributed by atoms with Crippen molar-refractivity contribution in [1.29, 1.82) is 0 Å². The fourth-order valence-electron chi connectivity index (χ4n) is 14.9. The Hall–Kier alpha value is -2.86. The average Bonchev–Trinajstić information content (AvgIpc) is 3.54. The minimum Gasteiger partial charge on any atom is -0.450 e. The first-order valence-corrected chi connectivity index (χ1v) is 23.1. The summed E-state index contributed by atoms with van der Waals surface area (Å²) in [4.78, 5) is 76.2. The predicted octanol–water partition coefficient (Wildman–Crippen LogP) is 7.84. The van der Waals surface area contributed by atoms with Crippen LogP contribution in [0.3, 0.4) is 0 Å². The van der Waals surface area contributed by atoms with Crippen molar-refractivity contribution in [2.24, 2.45) is 57.2 Å². The zero-order valence-corrected chi connectivity index (χ0v) is 37.8. The molecule has 0 amide bonds. The molecule has 0 spiro atoms. The maximum atomic E-state index is 17.1. The van der Waals surface area contributed by atoms with E-state index in [9.17, 15) is 39.0 Å². The van der Waals surface area contributed by atoms with Gasteiger partial charge < -0.3 is 14.9 Å². The summed E-state index contributed by atoms with van der Waals surface area (Å²) >= 11 is 11.8. The van der Waals surface area contributed by atoms with E-state index in [1.807, 2.05) is 27.7 Å². The van der Waals surface area contributed by atoms with Crippen LogP contribution < -0.4 is 0 Å². The molecular weight excluding hydrogens is 829 g/mol. The van der Waals surface area contributed by atoms with Crippen LogP contribution in [-0.2, 0) is 33.5 Å². The van der Waals surface area contributed by atoms with Crippen molar-refractivity contribution in [1.82, 2.24) is 0 Å². The van der Waals surface area contributed by atoms with Gasteiger partial charge in [-0.25, -0.2) is 8.78 Å². The van der Waals surface area contributed by atoms with E-state index in [4.69, 9.17) is 27.9 Å². The number of aliphatic hydroxyl groups is 2. The van der Waals surface area contributed by atoms with Crippen molar-refractivity contribution in [3.8, 4) is 0 Å². The lowest BCUT2D eigenvalue weighted by molar-refractivity contribution is -0.218. The number of rotatable bonds is 7. The summed E-state index contributed by atoms with van der Waals surface area (Å²) in [6.45, 7) is 12.6. The number of fused-ring (bicyclic) bond motifs is 10. The number of hydrogen-bond acceptors (Lipinski definition) is 9. The highest BCUT2D eigenvalue weighted by Crippen LogP contribution is 2.72. The van der Waals surface area contributed by atoms with Crippen LogP contribution in [0.4, 0.5) is 8.78 Å². The monoisotopic (exact) mass is 888 g/mol. The number of ether oxygens (including phenoxy) is 1. The van der Waals surface area contributed by atoms with E-state index < -0.39 is 91.4 Å². The molecule has 15 atom stereocenters. The molecule has 0 aromatic carbocycles. The fourth-order valence-corrected chi connectivity index (χ4v) is 15.3. The van der Waals surface area contributed by atoms with Gasteiger partial charge in [0.25, 0.3) is 0 Å². The van der Waals surface area contributed by atoms with Crippen molar-refractivity contribution in [3.63, 3.8) is 0 Å². The third kappa shape index (κ3) is 5.80. The molecule has 0 saturated heterocycles. The van der Waals surface area contributed by atoms with Gasteiger partial charge in [0.15, 0.2) is 45.9 Å². The second-order valence-corrected chi connectivity index (χ2v) is 21.0. The summed E-state index contributed by atoms with van der Waals surface area (Å²) in [6, 6.07) is 0. The van der Waals surface area contributed by atoms with E-state index in [1.54, 1.807) is 32.9 Å². The van der Waals surface area contributed by atoms with Crippen molar-refractivity contribution >= 4 is 58.1 Å². The second kappa shape index (κ2) is 15.1. The molecule has 334 valence electrons. The molecule has 8 rings (SSSR count). The Balaban J connectivity index is 0.000000186. The molecule has 0 radical (unpaired) electrons. The summed E-state index contributed by atoms with van der Waals surface area (Å²) in [6.07, 6.45) is 10.9. The first-order valence-electron chi connectivity index (χ1n) is 22.0. The molecule has 0 aromatic rings. The summed E-state index contributed by atoms with van der Waals surface area (Å²) < 4.78 is 40.0. The summed E-state index contributed by atoms with van der Waals surface area (Å²) in [5.41, 5.74) is -10.3. The van der Waals surface area contributed by atoms with E-state index >= 15 is 8.78 Å². The normalized spacial score (nSPS) is 47.9. The molecular formula is C48H60Cl2F2O9. The molecule has 6 fully saturated rings. The molecule has 0 unspecified atom stereocenters. The Labute approximate surface area is 367 Å². The third-order valence-electron chi connectivity index (χ3n) is 18.0. The van der Waals surface area contributed by atoms with Crippen LogP contribution in [0.5, 0.6) is 0 Å². The smallest absolute Gasteiger partial charge is 0.306 e. The third-order valence-corrected chi connectivity index (χ3v) is 18.5. The molecule has 0 aromatic heterocycles. The zero-order valence-electron chi connectivity index (χ0n) is 36.3. The lowest BCUT2D eigenvalue weighted by Gasteiger charge is -2.62. The number of Topliss-reactive ketones (excluding diaryl/α,β-unsaturated/α-hetero) is 3. The van der Waals surface area contributed by atoms with Gasteiger partial charge in [-0.15, -0.1) is 23.2 Å². The highest BCUT2D eigenvalue weighted by atomic mass is 35.5. The van der Waals surface area contributed by atoms with Crippen LogP contribution in [-0.4, -0.2) is 85.5 Å². The second-order valence-electron chi connectivity index (χ2n) is 20.5. The van der Waals surface area contributed by atoms with Crippen LogP contribution in [0.1, 0.15) is 113 Å². The minimum absolute atomic E-state index is 0.0151. The van der Waals surface area contributed by atoms with Gasteiger partial charge in [-0.05, 0) is 107 Å². The summed E-state index contributed by atoms with van der Waals surface area (Å²) in [5.74, 6) is -5.48. The van der Waals surface area contributed by atoms with Gasteiger partial charge in [-0.1, -0.05) is 57.9 Å². The van der Waals surface area contributed by atoms with Gasteiger partial charge in [0, 0.05) is 52.3 Å². The number of allylic oxidation sites excluding steroid dienone is 8. The van der Waals surface area contributed by atoms with Crippen LogP contribution in [0, 0.1) is 57.2 Å². The van der Waals surface area contributed by atoms with Crippen LogP contribution in [0.2, 0.25) is 0 Å². The maximum Gasteiger partial charge on any atom is 0.306 e. The van der Waals surface area contributed by atoms with E-state index in [0.717, 1.165) is 5.57 Å². The molecule has 61 heavy (non-hydrogen) atoms. The number of carbonyl (C=O) groups is 6.